The normalized spacial score (nSPS) is 24.0. The van der Waals surface area contributed by atoms with Crippen LogP contribution in [0.25, 0.3) is 0 Å². The Morgan fingerprint density at radius 3 is 2.51 bits per heavy atom. The van der Waals surface area contributed by atoms with Gasteiger partial charge in [-0.25, -0.2) is 4.39 Å². The molecule has 2 heterocycles. The predicted octanol–water partition coefficient (Wildman–Crippen LogP) is 5.31. The zero-order valence-electron chi connectivity index (χ0n) is 20.4. The largest absolute Gasteiger partial charge is 0.444 e. The van der Waals surface area contributed by atoms with Crippen molar-refractivity contribution >= 4 is 27.4 Å². The van der Waals surface area contributed by atoms with Gasteiger partial charge < -0.3 is 19.7 Å². The number of rotatable bonds is 3. The van der Waals surface area contributed by atoms with Crippen molar-refractivity contribution in [2.24, 2.45) is 0 Å². The topological polar surface area (TPSA) is 88.1 Å². The minimum atomic E-state index is -4.02. The van der Waals surface area contributed by atoms with Crippen molar-refractivity contribution in [3.8, 4) is 11.5 Å². The molecule has 1 saturated heterocycles. The molecule has 1 saturated carbocycles. The third kappa shape index (κ3) is 5.13. The molecule has 6 rings (SSSR count). The molecule has 0 aromatic heterocycles. The van der Waals surface area contributed by atoms with E-state index in [1.165, 1.54) is 31.0 Å². The Labute approximate surface area is 220 Å². The number of halogens is 2. The molecule has 196 valence electrons. The van der Waals surface area contributed by atoms with Gasteiger partial charge in [0.25, 0.3) is 15.9 Å². The lowest BCUT2D eigenvalue weighted by Gasteiger charge is -2.50. The van der Waals surface area contributed by atoms with E-state index in [-0.39, 0.29) is 4.90 Å². The molecule has 2 fully saturated rings. The highest BCUT2D eigenvalue weighted by Gasteiger charge is 2.45. The van der Waals surface area contributed by atoms with Crippen molar-refractivity contribution in [1.29, 1.82) is 0 Å². The van der Waals surface area contributed by atoms with E-state index in [0.29, 0.717) is 34.2 Å². The van der Waals surface area contributed by atoms with Gasteiger partial charge in [-0.15, -0.1) is 0 Å². The smallest absolute Gasteiger partial charge is 0.294 e. The summed E-state index contributed by atoms with van der Waals surface area (Å²) in [6, 6.07) is 17.5. The average Bonchev–Trinajstić information content (AvgIpc) is 3.17. The first-order valence-corrected chi connectivity index (χ1v) is 13.9. The molecule has 0 bridgehead atoms. The highest BCUT2D eigenvalue weighted by molar-refractivity contribution is 7.85. The molecule has 3 aromatic rings. The average molecular weight is 547 g/mol. The summed E-state index contributed by atoms with van der Waals surface area (Å²) in [6.45, 7) is 5.46. The molecule has 3 atom stereocenters. The van der Waals surface area contributed by atoms with Crippen LogP contribution in [0.15, 0.2) is 65.6 Å². The van der Waals surface area contributed by atoms with Crippen LogP contribution in [-0.4, -0.2) is 38.1 Å². The standard InChI is InChI=1S/C20H20ClFN2O2.C7H8O3S/c1-20(13-6-5-12(21)11-14(13)22)25-18-4-2-3-17(19(18)26-20)24-10-9-23-15-7-8-16(15)24;1-6-2-4-7(5-3-6)11(8,9)10/h2-6,11,15-16,23H,7-10H2,1H3;2-5H,1H3,(H,8,9,10)/t15-,16+,20?;/m0./s1. The third-order valence-corrected chi connectivity index (χ3v) is 8.11. The Morgan fingerprint density at radius 1 is 1.11 bits per heavy atom. The summed E-state index contributed by atoms with van der Waals surface area (Å²) >= 11 is 5.89. The first-order chi connectivity index (χ1) is 17.5. The van der Waals surface area contributed by atoms with Crippen LogP contribution in [-0.2, 0) is 15.9 Å². The minimum Gasteiger partial charge on any atom is -0.444 e. The SMILES string of the molecule is CC1(c2ccc(Cl)cc2F)Oc2cccc(N3CCN[C@H]4CC[C@H]43)c2O1.Cc1ccc(S(=O)(=O)O)cc1. The maximum Gasteiger partial charge on any atom is 0.294 e. The number of hydrogen-bond acceptors (Lipinski definition) is 6. The van der Waals surface area contributed by atoms with E-state index in [1.807, 2.05) is 19.1 Å². The number of piperazine rings is 1. The van der Waals surface area contributed by atoms with Crippen molar-refractivity contribution in [1.82, 2.24) is 5.32 Å². The van der Waals surface area contributed by atoms with E-state index in [2.05, 4.69) is 16.3 Å². The molecule has 1 aliphatic carbocycles. The number of fused-ring (bicyclic) bond motifs is 2. The lowest BCUT2D eigenvalue weighted by atomic mass is 9.83. The Bertz CT molecular complexity index is 1420. The first kappa shape index (κ1) is 25.8. The maximum absolute atomic E-state index is 14.5. The lowest BCUT2D eigenvalue weighted by Crippen LogP contribution is -2.63. The Kier molecular flexibility index (Phi) is 6.83. The summed E-state index contributed by atoms with van der Waals surface area (Å²) in [5, 5.41) is 3.91. The van der Waals surface area contributed by atoms with E-state index in [0.717, 1.165) is 24.3 Å². The quantitative estimate of drug-likeness (QED) is 0.431. The fourth-order valence-electron chi connectivity index (χ4n) is 4.95. The molecule has 10 heteroatoms. The minimum absolute atomic E-state index is 0.0666. The molecule has 37 heavy (non-hydrogen) atoms. The molecular formula is C27H28ClFN2O5S. The van der Waals surface area contributed by atoms with Gasteiger partial charge in [0.1, 0.15) is 5.82 Å². The predicted molar refractivity (Wildman–Crippen MR) is 140 cm³/mol. The van der Waals surface area contributed by atoms with Crippen LogP contribution in [0.2, 0.25) is 5.02 Å². The molecule has 0 spiro atoms. The fraction of sp³-hybridized carbons (Fsp3) is 0.333. The van der Waals surface area contributed by atoms with Gasteiger partial charge >= 0.3 is 0 Å². The second-order valence-electron chi connectivity index (χ2n) is 9.57. The van der Waals surface area contributed by atoms with Gasteiger partial charge in [0.05, 0.1) is 16.1 Å². The van der Waals surface area contributed by atoms with Gasteiger partial charge in [-0.05, 0) is 62.2 Å². The van der Waals surface area contributed by atoms with Gasteiger partial charge in [0.15, 0.2) is 11.5 Å². The Hall–Kier alpha value is -2.85. The number of anilines is 1. The monoisotopic (exact) mass is 546 g/mol. The van der Waals surface area contributed by atoms with Crippen molar-refractivity contribution in [3.05, 3.63) is 82.6 Å². The summed E-state index contributed by atoms with van der Waals surface area (Å²) in [4.78, 5) is 2.33. The van der Waals surface area contributed by atoms with Gasteiger partial charge in [0, 0.05) is 37.1 Å². The molecule has 1 unspecified atom stereocenters. The van der Waals surface area contributed by atoms with Crippen LogP contribution in [0.3, 0.4) is 0 Å². The number of ether oxygens (including phenoxy) is 2. The Morgan fingerprint density at radius 2 is 1.86 bits per heavy atom. The van der Waals surface area contributed by atoms with Crippen LogP contribution in [0.1, 0.15) is 30.9 Å². The van der Waals surface area contributed by atoms with Crippen molar-refractivity contribution in [3.63, 3.8) is 0 Å². The molecular weight excluding hydrogens is 519 g/mol. The van der Waals surface area contributed by atoms with Crippen LogP contribution < -0.4 is 19.7 Å². The first-order valence-electron chi connectivity index (χ1n) is 12.1. The van der Waals surface area contributed by atoms with E-state index in [9.17, 15) is 12.8 Å². The zero-order valence-corrected chi connectivity index (χ0v) is 22.0. The molecule has 3 aliphatic rings. The highest BCUT2D eigenvalue weighted by Crippen LogP contribution is 2.51. The van der Waals surface area contributed by atoms with E-state index < -0.39 is 21.7 Å². The fourth-order valence-corrected chi connectivity index (χ4v) is 5.58. The van der Waals surface area contributed by atoms with Gasteiger partial charge in [-0.1, -0.05) is 35.4 Å². The summed E-state index contributed by atoms with van der Waals surface area (Å²) in [7, 11) is -4.02. The second kappa shape index (κ2) is 9.79. The molecule has 2 N–H and O–H groups in total. The second-order valence-corrected chi connectivity index (χ2v) is 11.4. The van der Waals surface area contributed by atoms with E-state index in [4.69, 9.17) is 25.6 Å². The number of nitrogens with one attached hydrogen (secondary N) is 1. The van der Waals surface area contributed by atoms with Crippen LogP contribution in [0.5, 0.6) is 11.5 Å². The number of nitrogens with zero attached hydrogens (tertiary/aromatic N) is 1. The molecule has 7 nitrogen and oxygen atoms in total. The van der Waals surface area contributed by atoms with Crippen molar-refractivity contribution < 1.29 is 26.8 Å². The maximum atomic E-state index is 14.5. The molecule has 2 aliphatic heterocycles. The van der Waals surface area contributed by atoms with Gasteiger partial charge in [0.2, 0.25) is 0 Å². The number of para-hydroxylation sites is 1. The summed E-state index contributed by atoms with van der Waals surface area (Å²) in [5.41, 5.74) is 2.32. The summed E-state index contributed by atoms with van der Waals surface area (Å²) < 4.78 is 56.3. The summed E-state index contributed by atoms with van der Waals surface area (Å²) in [6.07, 6.45) is 2.38. The molecule has 0 amide bonds. The van der Waals surface area contributed by atoms with Crippen LogP contribution >= 0.6 is 11.6 Å². The van der Waals surface area contributed by atoms with Crippen LogP contribution in [0.4, 0.5) is 10.1 Å². The van der Waals surface area contributed by atoms with Crippen LogP contribution in [0, 0.1) is 12.7 Å². The Balaban J connectivity index is 0.000000215. The number of hydrogen-bond donors (Lipinski definition) is 2. The molecule has 3 aromatic carbocycles. The number of benzene rings is 3. The third-order valence-electron chi connectivity index (χ3n) is 7.01. The van der Waals surface area contributed by atoms with Crippen molar-refractivity contribution in [2.75, 3.05) is 18.0 Å². The summed E-state index contributed by atoms with van der Waals surface area (Å²) in [5.74, 6) is -0.304. The number of aryl methyl sites for hydroxylation is 1. The van der Waals surface area contributed by atoms with Crippen molar-refractivity contribution in [2.45, 2.75) is 49.5 Å². The van der Waals surface area contributed by atoms with Gasteiger partial charge in [-0.2, -0.15) is 8.42 Å². The van der Waals surface area contributed by atoms with Gasteiger partial charge in [-0.3, -0.25) is 4.55 Å². The highest BCUT2D eigenvalue weighted by atomic mass is 35.5. The lowest BCUT2D eigenvalue weighted by molar-refractivity contribution is -0.0705. The van der Waals surface area contributed by atoms with E-state index in [1.54, 1.807) is 31.2 Å². The molecule has 0 radical (unpaired) electrons. The zero-order chi connectivity index (χ0) is 26.4. The van der Waals surface area contributed by atoms with E-state index >= 15 is 0 Å².